The Morgan fingerprint density at radius 3 is 2.35 bits per heavy atom. The Morgan fingerprint density at radius 2 is 1.74 bits per heavy atom. The molecule has 0 radical (unpaired) electrons. The number of carbonyl (C=O) groups is 1. The van der Waals surface area contributed by atoms with Crippen LogP contribution in [-0.4, -0.2) is 73.6 Å². The van der Waals surface area contributed by atoms with Gasteiger partial charge in [-0.25, -0.2) is 0 Å². The van der Waals surface area contributed by atoms with E-state index < -0.39 is 0 Å². The Balaban J connectivity index is 1.30. The zero-order valence-corrected chi connectivity index (χ0v) is 14.0. The molecule has 4 aliphatic heterocycles. The number of hydrogen-bond donors (Lipinski definition) is 1. The molecule has 4 rings (SSSR count). The van der Waals surface area contributed by atoms with Crippen LogP contribution in [0.3, 0.4) is 0 Å². The molecular weight excluding hydrogens is 292 g/mol. The smallest absolute Gasteiger partial charge is 0.241 e. The first kappa shape index (κ1) is 15.2. The van der Waals surface area contributed by atoms with Crippen LogP contribution < -0.4 is 5.32 Å². The lowest BCUT2D eigenvalue weighted by atomic mass is 9.82. The molecular formula is C17H28N4O2. The summed E-state index contributed by atoms with van der Waals surface area (Å²) in [5, 5.41) is 3.29. The van der Waals surface area contributed by atoms with E-state index in [2.05, 4.69) is 15.2 Å². The Labute approximate surface area is 138 Å². The molecule has 4 aliphatic rings. The highest BCUT2D eigenvalue weighted by Gasteiger charge is 2.53. The Hall–Kier alpha value is -1.30. The maximum absolute atomic E-state index is 12.3. The van der Waals surface area contributed by atoms with Gasteiger partial charge in [0.2, 0.25) is 5.91 Å². The first-order valence-electron chi connectivity index (χ1n) is 9.15. The van der Waals surface area contributed by atoms with Gasteiger partial charge in [0.1, 0.15) is 0 Å². The van der Waals surface area contributed by atoms with Crippen LogP contribution in [0.4, 0.5) is 0 Å². The summed E-state index contributed by atoms with van der Waals surface area (Å²) >= 11 is 0. The van der Waals surface area contributed by atoms with E-state index in [1.54, 1.807) is 0 Å². The summed E-state index contributed by atoms with van der Waals surface area (Å²) in [6, 6.07) is 0. The van der Waals surface area contributed by atoms with Crippen LogP contribution in [-0.2, 0) is 9.53 Å². The number of fused-ring (bicyclic) bond motifs is 5. The van der Waals surface area contributed by atoms with Crippen molar-refractivity contribution in [2.45, 2.75) is 44.3 Å². The van der Waals surface area contributed by atoms with Crippen molar-refractivity contribution in [3.63, 3.8) is 0 Å². The van der Waals surface area contributed by atoms with Gasteiger partial charge >= 0.3 is 0 Å². The number of ether oxygens (including phenoxy) is 1. The third-order valence-electron chi connectivity index (χ3n) is 6.07. The molecule has 6 heteroatoms. The molecule has 0 spiro atoms. The fourth-order valence-electron chi connectivity index (χ4n) is 4.87. The Bertz CT molecular complexity index is 471. The van der Waals surface area contributed by atoms with E-state index in [1.807, 2.05) is 11.9 Å². The first-order valence-corrected chi connectivity index (χ1v) is 9.15. The van der Waals surface area contributed by atoms with E-state index in [0.717, 1.165) is 45.0 Å². The molecule has 128 valence electrons. The van der Waals surface area contributed by atoms with Crippen molar-refractivity contribution in [1.82, 2.24) is 15.1 Å². The Kier molecular flexibility index (Phi) is 4.18. The first-order chi connectivity index (χ1) is 11.3. The van der Waals surface area contributed by atoms with E-state index in [-0.39, 0.29) is 5.91 Å². The minimum Gasteiger partial charge on any atom is -0.374 e. The molecule has 0 aromatic rings. The predicted octanol–water partition coefficient (Wildman–Crippen LogP) is 0.683. The van der Waals surface area contributed by atoms with Crippen molar-refractivity contribution >= 4 is 11.9 Å². The molecule has 4 fully saturated rings. The predicted molar refractivity (Wildman–Crippen MR) is 88.2 cm³/mol. The van der Waals surface area contributed by atoms with Crippen LogP contribution in [0.25, 0.3) is 0 Å². The lowest BCUT2D eigenvalue weighted by Gasteiger charge is -2.28. The van der Waals surface area contributed by atoms with Gasteiger partial charge < -0.3 is 19.9 Å². The second kappa shape index (κ2) is 6.30. The van der Waals surface area contributed by atoms with E-state index in [4.69, 9.17) is 4.74 Å². The zero-order valence-electron chi connectivity index (χ0n) is 14.0. The summed E-state index contributed by atoms with van der Waals surface area (Å²) in [4.78, 5) is 21.0. The number of likely N-dealkylation sites (tertiary alicyclic amines) is 2. The van der Waals surface area contributed by atoms with Gasteiger partial charge in [-0.1, -0.05) is 0 Å². The van der Waals surface area contributed by atoms with Crippen molar-refractivity contribution < 1.29 is 9.53 Å². The van der Waals surface area contributed by atoms with Crippen LogP contribution in [0.15, 0.2) is 4.99 Å². The van der Waals surface area contributed by atoms with Crippen LogP contribution in [0.5, 0.6) is 0 Å². The highest BCUT2D eigenvalue weighted by atomic mass is 16.5. The highest BCUT2D eigenvalue weighted by molar-refractivity contribution is 5.86. The molecule has 0 aromatic heterocycles. The highest BCUT2D eigenvalue weighted by Crippen LogP contribution is 2.47. The molecule has 1 amide bonds. The molecule has 4 heterocycles. The Morgan fingerprint density at radius 1 is 1.09 bits per heavy atom. The average molecular weight is 320 g/mol. The van der Waals surface area contributed by atoms with Crippen LogP contribution in [0.2, 0.25) is 0 Å². The van der Waals surface area contributed by atoms with Gasteiger partial charge in [-0.15, -0.1) is 0 Å². The number of amides is 1. The number of piperidine rings is 1. The van der Waals surface area contributed by atoms with Crippen LogP contribution in [0.1, 0.15) is 32.1 Å². The van der Waals surface area contributed by atoms with Crippen molar-refractivity contribution in [1.29, 1.82) is 0 Å². The molecule has 0 aliphatic carbocycles. The van der Waals surface area contributed by atoms with Crippen LogP contribution >= 0.6 is 0 Å². The lowest BCUT2D eigenvalue weighted by molar-refractivity contribution is -0.130. The molecule has 6 nitrogen and oxygen atoms in total. The topological polar surface area (TPSA) is 57.2 Å². The quantitative estimate of drug-likeness (QED) is 0.601. The van der Waals surface area contributed by atoms with Gasteiger partial charge in [0.15, 0.2) is 5.96 Å². The van der Waals surface area contributed by atoms with E-state index in [0.29, 0.717) is 30.6 Å². The second-order valence-electron chi connectivity index (χ2n) is 7.37. The summed E-state index contributed by atoms with van der Waals surface area (Å²) in [6.07, 6.45) is 6.89. The van der Waals surface area contributed by atoms with Crippen LogP contribution in [0, 0.1) is 11.8 Å². The van der Waals surface area contributed by atoms with Gasteiger partial charge in [0.25, 0.3) is 0 Å². The summed E-state index contributed by atoms with van der Waals surface area (Å²) in [7, 11) is 1.81. The average Bonchev–Trinajstić information content (AvgIpc) is 3.29. The molecule has 4 atom stereocenters. The summed E-state index contributed by atoms with van der Waals surface area (Å²) in [6.45, 7) is 4.22. The number of aliphatic imine (C=N–C) groups is 1. The summed E-state index contributed by atoms with van der Waals surface area (Å²) in [5.74, 6) is 2.40. The fraction of sp³-hybridized carbons (Fsp3) is 0.882. The molecule has 4 saturated heterocycles. The monoisotopic (exact) mass is 320 g/mol. The number of guanidine groups is 1. The maximum atomic E-state index is 12.3. The minimum atomic E-state index is 0.202. The molecule has 0 aromatic carbocycles. The lowest BCUT2D eigenvalue weighted by Crippen LogP contribution is -2.47. The van der Waals surface area contributed by atoms with Gasteiger partial charge in [0.05, 0.1) is 18.8 Å². The molecule has 1 N–H and O–H groups in total. The zero-order chi connectivity index (χ0) is 15.8. The van der Waals surface area contributed by atoms with E-state index in [1.165, 1.54) is 19.3 Å². The molecule has 23 heavy (non-hydrogen) atoms. The number of nitrogens with zero attached hydrogens (tertiary/aromatic N) is 3. The normalized spacial score (nSPS) is 36.5. The number of carbonyl (C=O) groups excluding carboxylic acids is 1. The largest absolute Gasteiger partial charge is 0.374 e. The maximum Gasteiger partial charge on any atom is 0.241 e. The fourth-order valence-corrected chi connectivity index (χ4v) is 4.87. The second-order valence-corrected chi connectivity index (χ2v) is 7.37. The van der Waals surface area contributed by atoms with Crippen molar-refractivity contribution in [3.05, 3.63) is 0 Å². The van der Waals surface area contributed by atoms with Crippen molar-refractivity contribution in [2.24, 2.45) is 16.8 Å². The number of hydrogen-bond acceptors (Lipinski definition) is 3. The summed E-state index contributed by atoms with van der Waals surface area (Å²) in [5.41, 5.74) is 0. The SMILES string of the molecule is CN=C(NCC(=O)N1CCCCC1)N1CC2C3CCC(O3)C2C1. The van der Waals surface area contributed by atoms with Gasteiger partial charge in [-0.2, -0.15) is 0 Å². The van der Waals surface area contributed by atoms with Crippen molar-refractivity contribution in [3.8, 4) is 0 Å². The standard InChI is InChI=1S/C17H28N4O2/c1-18-17(19-9-16(22)20-7-3-2-4-8-20)21-10-12-13(11-21)15-6-5-14(12)23-15/h12-15H,2-11H2,1H3,(H,18,19). The van der Waals surface area contributed by atoms with E-state index in [9.17, 15) is 4.79 Å². The third kappa shape index (κ3) is 2.82. The van der Waals surface area contributed by atoms with Gasteiger partial charge in [-0.3, -0.25) is 9.79 Å². The number of nitrogens with one attached hydrogen (secondary N) is 1. The molecule has 0 saturated carbocycles. The van der Waals surface area contributed by atoms with Crippen molar-refractivity contribution in [2.75, 3.05) is 39.8 Å². The molecule has 2 bridgehead atoms. The number of rotatable bonds is 2. The van der Waals surface area contributed by atoms with Gasteiger partial charge in [-0.05, 0) is 32.1 Å². The summed E-state index contributed by atoms with van der Waals surface area (Å²) < 4.78 is 6.03. The minimum absolute atomic E-state index is 0.202. The molecule has 4 unspecified atom stereocenters. The third-order valence-corrected chi connectivity index (χ3v) is 6.07. The van der Waals surface area contributed by atoms with Gasteiger partial charge in [0, 0.05) is 45.1 Å². The van der Waals surface area contributed by atoms with E-state index >= 15 is 0 Å².